The zero-order chi connectivity index (χ0) is 19.2. The molecule has 1 amide bonds. The number of rotatable bonds is 8. The molecule has 146 valence electrons. The van der Waals surface area contributed by atoms with Crippen LogP contribution in [-0.4, -0.2) is 70.3 Å². The molecule has 0 aliphatic carbocycles. The first-order chi connectivity index (χ1) is 12.3. The van der Waals surface area contributed by atoms with Crippen LogP contribution in [0, 0.1) is 0 Å². The van der Waals surface area contributed by atoms with E-state index >= 15 is 0 Å². The molecule has 0 saturated carbocycles. The number of likely N-dealkylation sites (N-methyl/N-ethyl adjacent to an activating group) is 1. The molecule has 1 aromatic carbocycles. The van der Waals surface area contributed by atoms with Crippen molar-refractivity contribution < 1.29 is 13.2 Å². The number of piperidine rings is 1. The van der Waals surface area contributed by atoms with E-state index in [1.54, 1.807) is 0 Å². The van der Waals surface area contributed by atoms with E-state index in [2.05, 4.69) is 10.6 Å². The third kappa shape index (κ3) is 5.92. The number of anilines is 1. The van der Waals surface area contributed by atoms with Crippen molar-refractivity contribution in [2.24, 2.45) is 0 Å². The lowest BCUT2D eigenvalue weighted by Gasteiger charge is -2.26. The van der Waals surface area contributed by atoms with Gasteiger partial charge in [-0.1, -0.05) is 18.0 Å². The van der Waals surface area contributed by atoms with Gasteiger partial charge in [-0.15, -0.1) is 0 Å². The van der Waals surface area contributed by atoms with Crippen LogP contribution in [0.2, 0.25) is 5.02 Å². The lowest BCUT2D eigenvalue weighted by atomic mass is 10.2. The molecule has 0 spiro atoms. The molecule has 0 unspecified atom stereocenters. The molecular weight excluding hydrogens is 376 g/mol. The van der Waals surface area contributed by atoms with Crippen LogP contribution in [0.15, 0.2) is 23.1 Å². The smallest absolute Gasteiger partial charge is 0.243 e. The Bertz CT molecular complexity index is 719. The molecule has 1 aliphatic heterocycles. The molecule has 1 fully saturated rings. The Kier molecular flexibility index (Phi) is 7.85. The second-order valence-electron chi connectivity index (χ2n) is 6.63. The maximum atomic E-state index is 12.8. The Morgan fingerprint density at radius 3 is 2.58 bits per heavy atom. The largest absolute Gasteiger partial charge is 0.324 e. The van der Waals surface area contributed by atoms with Gasteiger partial charge in [-0.25, -0.2) is 8.42 Å². The normalized spacial score (nSPS) is 16.0. The van der Waals surface area contributed by atoms with Crippen molar-refractivity contribution in [2.75, 3.05) is 52.1 Å². The number of amides is 1. The maximum Gasteiger partial charge on any atom is 0.243 e. The fourth-order valence-corrected chi connectivity index (χ4v) is 4.42. The molecule has 1 saturated heterocycles. The van der Waals surface area contributed by atoms with Crippen LogP contribution >= 0.6 is 11.6 Å². The van der Waals surface area contributed by atoms with Crippen molar-refractivity contribution >= 4 is 33.2 Å². The SMILES string of the molecule is CN(C)CCNCC(=O)Nc1cc(S(=O)(=O)N2CCCCC2)ccc1Cl. The molecule has 9 heteroatoms. The lowest BCUT2D eigenvalue weighted by Crippen LogP contribution is -2.35. The van der Waals surface area contributed by atoms with Gasteiger partial charge in [-0.2, -0.15) is 4.31 Å². The average molecular weight is 403 g/mol. The van der Waals surface area contributed by atoms with E-state index in [1.807, 2.05) is 19.0 Å². The van der Waals surface area contributed by atoms with Gasteiger partial charge < -0.3 is 15.5 Å². The summed E-state index contributed by atoms with van der Waals surface area (Å²) in [5.74, 6) is -0.266. The zero-order valence-electron chi connectivity index (χ0n) is 15.3. The van der Waals surface area contributed by atoms with Gasteiger partial charge >= 0.3 is 0 Å². The zero-order valence-corrected chi connectivity index (χ0v) is 16.9. The van der Waals surface area contributed by atoms with E-state index in [0.717, 1.165) is 25.8 Å². The van der Waals surface area contributed by atoms with E-state index in [1.165, 1.54) is 22.5 Å². The first-order valence-corrected chi connectivity index (χ1v) is 10.6. The summed E-state index contributed by atoms with van der Waals surface area (Å²) in [5.41, 5.74) is 0.309. The predicted molar refractivity (Wildman–Crippen MR) is 104 cm³/mol. The highest BCUT2D eigenvalue weighted by atomic mass is 35.5. The monoisotopic (exact) mass is 402 g/mol. The number of hydrogen-bond acceptors (Lipinski definition) is 5. The summed E-state index contributed by atoms with van der Waals surface area (Å²) in [6.45, 7) is 2.69. The van der Waals surface area contributed by atoms with Crippen molar-refractivity contribution in [3.63, 3.8) is 0 Å². The number of benzene rings is 1. The highest BCUT2D eigenvalue weighted by Crippen LogP contribution is 2.28. The van der Waals surface area contributed by atoms with Gasteiger partial charge in [0.15, 0.2) is 0 Å². The molecule has 0 atom stereocenters. The highest BCUT2D eigenvalue weighted by Gasteiger charge is 2.26. The predicted octanol–water partition coefficient (Wildman–Crippen LogP) is 1.60. The summed E-state index contributed by atoms with van der Waals surface area (Å²) in [6.07, 6.45) is 2.79. The van der Waals surface area contributed by atoms with Gasteiger partial charge in [0.25, 0.3) is 0 Å². The summed E-state index contributed by atoms with van der Waals surface area (Å²) in [7, 11) is 0.343. The molecule has 1 aromatic rings. The number of halogens is 1. The molecule has 1 heterocycles. The van der Waals surface area contributed by atoms with Crippen LogP contribution in [0.1, 0.15) is 19.3 Å². The molecule has 1 aliphatic rings. The number of nitrogens with zero attached hydrogens (tertiary/aromatic N) is 2. The van der Waals surface area contributed by atoms with Crippen molar-refractivity contribution in [2.45, 2.75) is 24.2 Å². The van der Waals surface area contributed by atoms with Crippen molar-refractivity contribution in [1.29, 1.82) is 0 Å². The number of hydrogen-bond donors (Lipinski definition) is 2. The van der Waals surface area contributed by atoms with Crippen molar-refractivity contribution in [1.82, 2.24) is 14.5 Å². The van der Waals surface area contributed by atoms with E-state index < -0.39 is 10.0 Å². The summed E-state index contributed by atoms with van der Waals surface area (Å²) in [5, 5.41) is 6.02. The maximum absolute atomic E-state index is 12.8. The molecule has 0 bridgehead atoms. The Morgan fingerprint density at radius 1 is 1.23 bits per heavy atom. The molecular formula is C17H27ClN4O3S. The highest BCUT2D eigenvalue weighted by molar-refractivity contribution is 7.89. The molecule has 7 nitrogen and oxygen atoms in total. The summed E-state index contributed by atoms with van der Waals surface area (Å²) < 4.78 is 27.0. The van der Waals surface area contributed by atoms with Crippen LogP contribution < -0.4 is 10.6 Å². The fraction of sp³-hybridized carbons (Fsp3) is 0.588. The van der Waals surface area contributed by atoms with E-state index in [9.17, 15) is 13.2 Å². The third-order valence-electron chi connectivity index (χ3n) is 4.19. The quantitative estimate of drug-likeness (QED) is 0.645. The molecule has 26 heavy (non-hydrogen) atoms. The summed E-state index contributed by atoms with van der Waals surface area (Å²) in [4.78, 5) is 14.2. The Hall–Kier alpha value is -1.19. The van der Waals surface area contributed by atoms with Gasteiger partial charge in [0.1, 0.15) is 0 Å². The second kappa shape index (κ2) is 9.66. The van der Waals surface area contributed by atoms with Gasteiger partial charge in [0.2, 0.25) is 15.9 Å². The Labute approximate surface area is 160 Å². The minimum atomic E-state index is -3.57. The topological polar surface area (TPSA) is 81.8 Å². The van der Waals surface area contributed by atoms with Gasteiger partial charge in [0, 0.05) is 26.2 Å². The molecule has 0 radical (unpaired) electrons. The number of sulfonamides is 1. The first kappa shape index (κ1) is 21.1. The van der Waals surface area contributed by atoms with Crippen LogP contribution in [0.25, 0.3) is 0 Å². The van der Waals surface area contributed by atoms with E-state index in [4.69, 9.17) is 11.6 Å². The average Bonchev–Trinajstić information content (AvgIpc) is 2.61. The Balaban J connectivity index is 2.03. The van der Waals surface area contributed by atoms with Crippen LogP contribution in [-0.2, 0) is 14.8 Å². The molecule has 2 rings (SSSR count). The standard InChI is InChI=1S/C17H27ClN4O3S/c1-21(2)11-8-19-13-17(23)20-16-12-14(6-7-15(16)18)26(24,25)22-9-4-3-5-10-22/h6-7,12,19H,3-5,8-11,13H2,1-2H3,(H,20,23). The van der Waals surface area contributed by atoms with Crippen LogP contribution in [0.4, 0.5) is 5.69 Å². The molecule has 2 N–H and O–H groups in total. The van der Waals surface area contributed by atoms with Gasteiger partial charge in [0.05, 0.1) is 22.2 Å². The van der Waals surface area contributed by atoms with Crippen LogP contribution in [0.5, 0.6) is 0 Å². The number of carbonyl (C=O) groups excluding carboxylic acids is 1. The van der Waals surface area contributed by atoms with Gasteiger partial charge in [-0.05, 0) is 45.1 Å². The Morgan fingerprint density at radius 2 is 1.92 bits per heavy atom. The van der Waals surface area contributed by atoms with E-state index in [-0.39, 0.29) is 17.3 Å². The minimum Gasteiger partial charge on any atom is -0.324 e. The number of nitrogens with one attached hydrogen (secondary N) is 2. The van der Waals surface area contributed by atoms with Crippen LogP contribution in [0.3, 0.4) is 0 Å². The third-order valence-corrected chi connectivity index (χ3v) is 6.41. The molecule has 0 aromatic heterocycles. The summed E-state index contributed by atoms with van der Waals surface area (Å²) in [6, 6.07) is 4.43. The lowest BCUT2D eigenvalue weighted by molar-refractivity contribution is -0.115. The first-order valence-electron chi connectivity index (χ1n) is 8.75. The van der Waals surface area contributed by atoms with Crippen molar-refractivity contribution in [3.05, 3.63) is 23.2 Å². The van der Waals surface area contributed by atoms with Crippen molar-refractivity contribution in [3.8, 4) is 0 Å². The van der Waals surface area contributed by atoms with Gasteiger partial charge in [-0.3, -0.25) is 4.79 Å². The fourth-order valence-electron chi connectivity index (χ4n) is 2.71. The summed E-state index contributed by atoms with van der Waals surface area (Å²) >= 11 is 6.13. The van der Waals surface area contributed by atoms with E-state index in [0.29, 0.717) is 30.3 Å². The number of carbonyl (C=O) groups is 1. The minimum absolute atomic E-state index is 0.132. The second-order valence-corrected chi connectivity index (χ2v) is 8.98.